The number of anilines is 1. The van der Waals surface area contributed by atoms with E-state index in [2.05, 4.69) is 5.32 Å². The number of sulfone groups is 1. The summed E-state index contributed by atoms with van der Waals surface area (Å²) in [6, 6.07) is 9.93. The van der Waals surface area contributed by atoms with Crippen molar-refractivity contribution in [2.75, 3.05) is 11.9 Å². The van der Waals surface area contributed by atoms with E-state index in [1.54, 1.807) is 18.2 Å². The molecule has 2 aromatic carbocycles. The average molecular weight is 277 g/mol. The van der Waals surface area contributed by atoms with Gasteiger partial charge in [0.25, 0.3) is 0 Å². The highest BCUT2D eigenvalue weighted by atomic mass is 32.2. The average Bonchev–Trinajstić information content (AvgIpc) is 2.86. The van der Waals surface area contributed by atoms with Crippen molar-refractivity contribution in [3.63, 3.8) is 0 Å². The third kappa shape index (κ3) is 2.10. The summed E-state index contributed by atoms with van der Waals surface area (Å²) in [5, 5.41) is 3.18. The van der Waals surface area contributed by atoms with E-state index in [9.17, 15) is 12.8 Å². The summed E-state index contributed by atoms with van der Waals surface area (Å²) >= 11 is 0. The molecule has 0 amide bonds. The standard InChI is InChI=1S/C14H12FNO2S/c15-11-1-3-12(4-2-11)19(17,18)13-5-6-14-10(9-13)7-8-16-14/h1-6,9,16H,7-8H2. The number of halogens is 1. The molecule has 0 aromatic heterocycles. The minimum atomic E-state index is -3.57. The van der Waals surface area contributed by atoms with Crippen molar-refractivity contribution < 1.29 is 12.8 Å². The Morgan fingerprint density at radius 1 is 1.00 bits per heavy atom. The molecule has 1 aliphatic rings. The van der Waals surface area contributed by atoms with Crippen LogP contribution < -0.4 is 5.32 Å². The van der Waals surface area contributed by atoms with Crippen LogP contribution in [0.2, 0.25) is 0 Å². The van der Waals surface area contributed by atoms with Crippen LogP contribution in [-0.4, -0.2) is 15.0 Å². The Balaban J connectivity index is 2.07. The maximum Gasteiger partial charge on any atom is 0.206 e. The molecule has 0 unspecified atom stereocenters. The molecular formula is C14H12FNO2S. The fraction of sp³-hybridized carbons (Fsp3) is 0.143. The molecule has 0 saturated heterocycles. The third-order valence-corrected chi connectivity index (χ3v) is 4.99. The van der Waals surface area contributed by atoms with Gasteiger partial charge >= 0.3 is 0 Å². The van der Waals surface area contributed by atoms with Crippen molar-refractivity contribution in [2.45, 2.75) is 16.2 Å². The molecule has 0 atom stereocenters. The number of nitrogens with one attached hydrogen (secondary N) is 1. The molecule has 98 valence electrons. The summed E-state index contributed by atoms with van der Waals surface area (Å²) in [6.45, 7) is 0.829. The van der Waals surface area contributed by atoms with Gasteiger partial charge < -0.3 is 5.32 Å². The van der Waals surface area contributed by atoms with Crippen LogP contribution >= 0.6 is 0 Å². The van der Waals surface area contributed by atoms with Gasteiger partial charge in [-0.3, -0.25) is 0 Å². The predicted molar refractivity (Wildman–Crippen MR) is 70.5 cm³/mol. The van der Waals surface area contributed by atoms with E-state index in [0.717, 1.165) is 36.3 Å². The summed E-state index contributed by atoms with van der Waals surface area (Å²) < 4.78 is 37.7. The van der Waals surface area contributed by atoms with E-state index in [1.165, 1.54) is 12.1 Å². The molecule has 1 aliphatic heterocycles. The van der Waals surface area contributed by atoms with E-state index in [0.29, 0.717) is 0 Å². The fourth-order valence-corrected chi connectivity index (χ4v) is 3.51. The van der Waals surface area contributed by atoms with Crippen LogP contribution in [0.1, 0.15) is 5.56 Å². The Morgan fingerprint density at radius 2 is 1.68 bits per heavy atom. The van der Waals surface area contributed by atoms with Crippen LogP contribution in [-0.2, 0) is 16.3 Å². The minimum Gasteiger partial charge on any atom is -0.384 e. The van der Waals surface area contributed by atoms with Crippen LogP contribution in [0.5, 0.6) is 0 Å². The van der Waals surface area contributed by atoms with Crippen LogP contribution in [0.15, 0.2) is 52.3 Å². The Kier molecular flexibility index (Phi) is 2.78. The van der Waals surface area contributed by atoms with Crippen LogP contribution in [0, 0.1) is 5.82 Å². The Morgan fingerprint density at radius 3 is 2.42 bits per heavy atom. The van der Waals surface area contributed by atoms with Gasteiger partial charge in [0.05, 0.1) is 9.79 Å². The molecule has 2 aromatic rings. The molecule has 1 N–H and O–H groups in total. The van der Waals surface area contributed by atoms with Crippen molar-refractivity contribution in [3.8, 4) is 0 Å². The molecule has 0 fully saturated rings. The minimum absolute atomic E-state index is 0.111. The van der Waals surface area contributed by atoms with E-state index in [-0.39, 0.29) is 9.79 Å². The normalized spacial score (nSPS) is 13.9. The number of hydrogen-bond donors (Lipinski definition) is 1. The van der Waals surface area contributed by atoms with Crippen molar-refractivity contribution in [3.05, 3.63) is 53.8 Å². The first-order valence-corrected chi connectivity index (χ1v) is 7.43. The number of fused-ring (bicyclic) bond motifs is 1. The summed E-state index contributed by atoms with van der Waals surface area (Å²) in [7, 11) is -3.57. The summed E-state index contributed by atoms with van der Waals surface area (Å²) in [5.41, 5.74) is 1.99. The highest BCUT2D eigenvalue weighted by molar-refractivity contribution is 7.91. The molecule has 0 bridgehead atoms. The van der Waals surface area contributed by atoms with Crippen molar-refractivity contribution in [1.29, 1.82) is 0 Å². The van der Waals surface area contributed by atoms with Crippen LogP contribution in [0.25, 0.3) is 0 Å². The summed E-state index contributed by atoms with van der Waals surface area (Å²) in [4.78, 5) is 0.362. The first kappa shape index (κ1) is 12.2. The second kappa shape index (κ2) is 4.35. The number of benzene rings is 2. The van der Waals surface area contributed by atoms with Gasteiger partial charge in [-0.05, 0) is 54.4 Å². The molecular weight excluding hydrogens is 265 g/mol. The number of rotatable bonds is 2. The SMILES string of the molecule is O=S(=O)(c1ccc(F)cc1)c1ccc2c(c1)CCN2. The molecule has 0 saturated carbocycles. The Labute approximate surface area is 111 Å². The van der Waals surface area contributed by atoms with Gasteiger partial charge in [-0.25, -0.2) is 12.8 Å². The first-order valence-electron chi connectivity index (χ1n) is 5.95. The lowest BCUT2D eigenvalue weighted by Crippen LogP contribution is -2.02. The van der Waals surface area contributed by atoms with E-state index < -0.39 is 15.7 Å². The third-order valence-electron chi connectivity index (χ3n) is 3.22. The zero-order valence-corrected chi connectivity index (χ0v) is 10.9. The van der Waals surface area contributed by atoms with Gasteiger partial charge in [0.1, 0.15) is 5.82 Å². The molecule has 5 heteroatoms. The molecule has 3 nitrogen and oxygen atoms in total. The van der Waals surface area contributed by atoms with E-state index in [4.69, 9.17) is 0 Å². The lowest BCUT2D eigenvalue weighted by atomic mass is 10.2. The van der Waals surface area contributed by atoms with Gasteiger partial charge in [0.15, 0.2) is 0 Å². The highest BCUT2D eigenvalue weighted by Crippen LogP contribution is 2.28. The lowest BCUT2D eigenvalue weighted by Gasteiger charge is -2.07. The highest BCUT2D eigenvalue weighted by Gasteiger charge is 2.20. The summed E-state index contributed by atoms with van der Waals surface area (Å²) in [5.74, 6) is -0.447. The van der Waals surface area contributed by atoms with Crippen LogP contribution in [0.3, 0.4) is 0 Å². The second-order valence-electron chi connectivity index (χ2n) is 4.45. The van der Waals surface area contributed by atoms with Gasteiger partial charge in [-0.2, -0.15) is 0 Å². The topological polar surface area (TPSA) is 46.2 Å². The Bertz CT molecular complexity index is 724. The maximum atomic E-state index is 12.9. The fourth-order valence-electron chi connectivity index (χ4n) is 2.20. The lowest BCUT2D eigenvalue weighted by molar-refractivity contribution is 0.594. The largest absolute Gasteiger partial charge is 0.384 e. The number of hydrogen-bond acceptors (Lipinski definition) is 3. The maximum absolute atomic E-state index is 12.9. The van der Waals surface area contributed by atoms with Crippen LogP contribution in [0.4, 0.5) is 10.1 Å². The van der Waals surface area contributed by atoms with Gasteiger partial charge in [-0.15, -0.1) is 0 Å². The quantitative estimate of drug-likeness (QED) is 0.858. The molecule has 1 heterocycles. The van der Waals surface area contributed by atoms with Crippen molar-refractivity contribution >= 4 is 15.5 Å². The smallest absolute Gasteiger partial charge is 0.206 e. The van der Waals surface area contributed by atoms with E-state index in [1.807, 2.05) is 0 Å². The zero-order chi connectivity index (χ0) is 13.5. The van der Waals surface area contributed by atoms with E-state index >= 15 is 0 Å². The van der Waals surface area contributed by atoms with Gasteiger partial charge in [0, 0.05) is 12.2 Å². The second-order valence-corrected chi connectivity index (χ2v) is 6.40. The monoisotopic (exact) mass is 277 g/mol. The van der Waals surface area contributed by atoms with Crippen molar-refractivity contribution in [2.24, 2.45) is 0 Å². The summed E-state index contributed by atoms with van der Waals surface area (Å²) in [6.07, 6.45) is 0.822. The van der Waals surface area contributed by atoms with Crippen molar-refractivity contribution in [1.82, 2.24) is 0 Å². The molecule has 0 radical (unpaired) electrons. The predicted octanol–water partition coefficient (Wildman–Crippen LogP) is 2.63. The molecule has 0 spiro atoms. The van der Waals surface area contributed by atoms with Gasteiger partial charge in [0.2, 0.25) is 9.84 Å². The molecule has 0 aliphatic carbocycles. The molecule has 19 heavy (non-hydrogen) atoms. The Hall–Kier alpha value is -1.88. The first-order chi connectivity index (χ1) is 9.07. The van der Waals surface area contributed by atoms with Gasteiger partial charge in [-0.1, -0.05) is 0 Å². The zero-order valence-electron chi connectivity index (χ0n) is 10.1. The molecule has 3 rings (SSSR count).